The highest BCUT2D eigenvalue weighted by Crippen LogP contribution is 2.45. The van der Waals surface area contributed by atoms with E-state index in [-0.39, 0.29) is 4.75 Å². The SMILES string of the molecule is CC1(c2n[nH]c(=S)o2)CCCS1. The van der Waals surface area contributed by atoms with Crippen LogP contribution in [0.1, 0.15) is 25.7 Å². The van der Waals surface area contributed by atoms with Crippen molar-refractivity contribution >= 4 is 24.0 Å². The van der Waals surface area contributed by atoms with Gasteiger partial charge in [0, 0.05) is 0 Å². The lowest BCUT2D eigenvalue weighted by molar-refractivity contribution is 0.420. The highest BCUT2D eigenvalue weighted by Gasteiger charge is 2.36. The Labute approximate surface area is 79.9 Å². The number of hydrogen-bond donors (Lipinski definition) is 1. The van der Waals surface area contributed by atoms with E-state index in [1.54, 1.807) is 0 Å². The van der Waals surface area contributed by atoms with Crippen molar-refractivity contribution in [3.63, 3.8) is 0 Å². The summed E-state index contributed by atoms with van der Waals surface area (Å²) in [6, 6.07) is 0. The molecular formula is C7H10N2OS2. The van der Waals surface area contributed by atoms with Gasteiger partial charge in [-0.1, -0.05) is 0 Å². The number of hydrogen-bond acceptors (Lipinski definition) is 4. The molecule has 0 amide bonds. The number of aromatic nitrogens is 2. The summed E-state index contributed by atoms with van der Waals surface area (Å²) in [5, 5.41) is 6.71. The highest BCUT2D eigenvalue weighted by atomic mass is 32.2. The normalized spacial score (nSPS) is 29.4. The lowest BCUT2D eigenvalue weighted by Gasteiger charge is -2.16. The molecule has 3 nitrogen and oxygen atoms in total. The van der Waals surface area contributed by atoms with Gasteiger partial charge in [-0.3, -0.25) is 0 Å². The average Bonchev–Trinajstić information content (AvgIpc) is 2.59. The number of thioether (sulfide) groups is 1. The van der Waals surface area contributed by atoms with Gasteiger partial charge in [0.25, 0.3) is 4.84 Å². The minimum Gasteiger partial charge on any atom is -0.413 e. The van der Waals surface area contributed by atoms with Crippen LogP contribution in [-0.2, 0) is 4.75 Å². The maximum absolute atomic E-state index is 5.30. The van der Waals surface area contributed by atoms with E-state index in [1.807, 2.05) is 11.8 Å². The molecule has 1 atom stereocenters. The number of nitrogens with zero attached hydrogens (tertiary/aromatic N) is 1. The third kappa shape index (κ3) is 1.31. The van der Waals surface area contributed by atoms with Crippen molar-refractivity contribution in [3.8, 4) is 0 Å². The summed E-state index contributed by atoms with van der Waals surface area (Å²) in [4.78, 5) is 0.374. The number of nitrogens with one attached hydrogen (secondary N) is 1. The molecule has 1 aromatic rings. The Morgan fingerprint density at radius 1 is 1.75 bits per heavy atom. The van der Waals surface area contributed by atoms with Gasteiger partial charge in [-0.15, -0.1) is 16.9 Å². The third-order valence-electron chi connectivity index (χ3n) is 2.11. The fourth-order valence-electron chi connectivity index (χ4n) is 1.40. The van der Waals surface area contributed by atoms with E-state index in [4.69, 9.17) is 16.6 Å². The van der Waals surface area contributed by atoms with Crippen molar-refractivity contribution in [1.29, 1.82) is 0 Å². The Balaban J connectivity index is 2.34. The van der Waals surface area contributed by atoms with Crippen LogP contribution in [0, 0.1) is 4.84 Å². The molecule has 0 aromatic carbocycles. The topological polar surface area (TPSA) is 41.8 Å². The minimum absolute atomic E-state index is 0.0492. The summed E-state index contributed by atoms with van der Waals surface area (Å²) in [7, 11) is 0. The summed E-state index contributed by atoms with van der Waals surface area (Å²) >= 11 is 6.71. The van der Waals surface area contributed by atoms with Gasteiger partial charge < -0.3 is 4.42 Å². The maximum Gasteiger partial charge on any atom is 0.284 e. The van der Waals surface area contributed by atoms with Gasteiger partial charge in [0.2, 0.25) is 5.89 Å². The molecule has 1 aliphatic rings. The van der Waals surface area contributed by atoms with E-state index in [0.717, 1.165) is 12.3 Å². The van der Waals surface area contributed by atoms with E-state index in [9.17, 15) is 0 Å². The Kier molecular flexibility index (Phi) is 2.00. The Bertz CT molecular complexity index is 324. The van der Waals surface area contributed by atoms with Crippen LogP contribution in [0.2, 0.25) is 0 Å². The minimum atomic E-state index is 0.0492. The zero-order chi connectivity index (χ0) is 8.60. The van der Waals surface area contributed by atoms with Gasteiger partial charge in [-0.05, 0) is 37.7 Å². The molecule has 1 aromatic heterocycles. The van der Waals surface area contributed by atoms with Crippen LogP contribution in [0.15, 0.2) is 4.42 Å². The third-order valence-corrected chi connectivity index (χ3v) is 3.79. The first-order valence-electron chi connectivity index (χ1n) is 3.91. The van der Waals surface area contributed by atoms with Gasteiger partial charge in [0.1, 0.15) is 0 Å². The van der Waals surface area contributed by atoms with Crippen molar-refractivity contribution in [1.82, 2.24) is 10.2 Å². The second-order valence-corrected chi connectivity index (χ2v) is 5.07. The molecule has 0 bridgehead atoms. The molecule has 12 heavy (non-hydrogen) atoms. The predicted octanol–water partition coefficient (Wildman–Crippen LogP) is 2.47. The first-order valence-corrected chi connectivity index (χ1v) is 5.30. The van der Waals surface area contributed by atoms with E-state index in [0.29, 0.717) is 4.84 Å². The van der Waals surface area contributed by atoms with E-state index >= 15 is 0 Å². The molecule has 1 aliphatic heterocycles. The van der Waals surface area contributed by atoms with Crippen molar-refractivity contribution in [2.75, 3.05) is 5.75 Å². The zero-order valence-corrected chi connectivity index (χ0v) is 8.43. The maximum atomic E-state index is 5.30. The first-order chi connectivity index (χ1) is 5.71. The Morgan fingerprint density at radius 2 is 2.58 bits per heavy atom. The lowest BCUT2D eigenvalue weighted by atomic mass is 10.1. The van der Waals surface area contributed by atoms with Gasteiger partial charge in [0.15, 0.2) is 0 Å². The fraction of sp³-hybridized carbons (Fsp3) is 0.714. The average molecular weight is 202 g/mol. The molecule has 0 saturated carbocycles. The monoisotopic (exact) mass is 202 g/mol. The smallest absolute Gasteiger partial charge is 0.284 e. The molecule has 1 N–H and O–H groups in total. The van der Waals surface area contributed by atoms with Gasteiger partial charge in [0.05, 0.1) is 4.75 Å². The van der Waals surface area contributed by atoms with Crippen LogP contribution in [0.4, 0.5) is 0 Å². The van der Waals surface area contributed by atoms with Crippen molar-refractivity contribution in [2.45, 2.75) is 24.5 Å². The summed E-state index contributed by atoms with van der Waals surface area (Å²) < 4.78 is 5.35. The van der Waals surface area contributed by atoms with Crippen molar-refractivity contribution in [2.24, 2.45) is 0 Å². The zero-order valence-electron chi connectivity index (χ0n) is 6.79. The molecule has 0 spiro atoms. The van der Waals surface area contributed by atoms with E-state index < -0.39 is 0 Å². The van der Waals surface area contributed by atoms with E-state index in [2.05, 4.69) is 17.1 Å². The second-order valence-electron chi connectivity index (χ2n) is 3.10. The molecule has 5 heteroatoms. The number of aromatic amines is 1. The van der Waals surface area contributed by atoms with Crippen LogP contribution in [-0.4, -0.2) is 16.0 Å². The summed E-state index contributed by atoms with van der Waals surface area (Å²) in [5.41, 5.74) is 0. The fourth-order valence-corrected chi connectivity index (χ4v) is 2.77. The molecule has 2 rings (SSSR count). The quantitative estimate of drug-likeness (QED) is 0.710. The molecular weight excluding hydrogens is 192 g/mol. The number of H-pyrrole nitrogens is 1. The largest absolute Gasteiger partial charge is 0.413 e. The number of rotatable bonds is 1. The molecule has 0 radical (unpaired) electrons. The van der Waals surface area contributed by atoms with Crippen LogP contribution in [0.25, 0.3) is 0 Å². The van der Waals surface area contributed by atoms with Crippen LogP contribution < -0.4 is 0 Å². The van der Waals surface area contributed by atoms with Gasteiger partial charge in [-0.2, -0.15) is 0 Å². The summed E-state index contributed by atoms with van der Waals surface area (Å²) in [6.45, 7) is 2.15. The predicted molar refractivity (Wildman–Crippen MR) is 50.7 cm³/mol. The van der Waals surface area contributed by atoms with Gasteiger partial charge >= 0.3 is 0 Å². The van der Waals surface area contributed by atoms with Crippen molar-refractivity contribution < 1.29 is 4.42 Å². The second kappa shape index (κ2) is 2.88. The molecule has 2 heterocycles. The van der Waals surface area contributed by atoms with Crippen LogP contribution in [0.3, 0.4) is 0 Å². The first kappa shape index (κ1) is 8.31. The summed E-state index contributed by atoms with van der Waals surface area (Å²) in [6.07, 6.45) is 2.36. The standard InChI is InChI=1S/C7H10N2OS2/c1-7(3-2-4-12-7)5-8-9-6(11)10-5/h2-4H2,1H3,(H,9,11). The Hall–Kier alpha value is -0.290. The molecule has 0 aliphatic carbocycles. The Morgan fingerprint density at radius 3 is 3.08 bits per heavy atom. The lowest BCUT2D eigenvalue weighted by Crippen LogP contribution is -2.12. The van der Waals surface area contributed by atoms with Gasteiger partial charge in [-0.25, -0.2) is 5.10 Å². The van der Waals surface area contributed by atoms with Crippen LogP contribution in [0.5, 0.6) is 0 Å². The van der Waals surface area contributed by atoms with Crippen molar-refractivity contribution in [3.05, 3.63) is 10.7 Å². The molecule has 1 unspecified atom stereocenters. The highest BCUT2D eigenvalue weighted by molar-refractivity contribution is 8.00. The summed E-state index contributed by atoms with van der Waals surface area (Å²) in [5.74, 6) is 1.93. The van der Waals surface area contributed by atoms with Crippen LogP contribution >= 0.6 is 24.0 Å². The molecule has 1 fully saturated rings. The molecule has 66 valence electrons. The molecule has 1 saturated heterocycles. The van der Waals surface area contributed by atoms with E-state index in [1.165, 1.54) is 12.2 Å².